The molecule has 0 unspecified atom stereocenters. The van der Waals surface area contributed by atoms with Gasteiger partial charge in [-0.1, -0.05) is 20.8 Å². The minimum absolute atomic E-state index is 0.0779. The zero-order chi connectivity index (χ0) is 13.2. The molecule has 0 saturated heterocycles. The molecule has 1 aromatic heterocycles. The zero-order valence-corrected chi connectivity index (χ0v) is 12.6. The second-order valence-electron chi connectivity index (χ2n) is 5.51. The van der Waals surface area contributed by atoms with Gasteiger partial charge in [0, 0.05) is 12.5 Å². The van der Waals surface area contributed by atoms with E-state index in [0.29, 0.717) is 12.0 Å². The van der Waals surface area contributed by atoms with E-state index in [4.69, 9.17) is 9.72 Å². The van der Waals surface area contributed by atoms with E-state index < -0.39 is 0 Å². The van der Waals surface area contributed by atoms with E-state index >= 15 is 0 Å². The summed E-state index contributed by atoms with van der Waals surface area (Å²) in [5.41, 5.74) is 1.29. The second-order valence-corrected chi connectivity index (χ2v) is 6.37. The highest BCUT2D eigenvalue weighted by Gasteiger charge is 2.47. The number of hydrogen-bond donors (Lipinski definition) is 1. The van der Waals surface area contributed by atoms with Gasteiger partial charge in [0.1, 0.15) is 5.01 Å². The van der Waals surface area contributed by atoms with E-state index in [0.717, 1.165) is 25.8 Å². The van der Waals surface area contributed by atoms with Crippen molar-refractivity contribution >= 4 is 11.3 Å². The normalized spacial score (nSPS) is 27.5. The molecular formula is C14H24N2OS. The number of aromatic nitrogens is 1. The summed E-state index contributed by atoms with van der Waals surface area (Å²) in [5, 5.41) is 7.13. The number of rotatable bonds is 6. The van der Waals surface area contributed by atoms with Gasteiger partial charge in [-0.3, -0.25) is 0 Å². The number of ether oxygens (including phenoxy) is 1. The summed E-state index contributed by atoms with van der Waals surface area (Å²) >= 11 is 1.79. The molecule has 0 spiro atoms. The molecule has 1 saturated carbocycles. The van der Waals surface area contributed by atoms with Crippen molar-refractivity contribution in [3.05, 3.63) is 16.1 Å². The van der Waals surface area contributed by atoms with Gasteiger partial charge in [0.2, 0.25) is 0 Å². The molecule has 4 heteroatoms. The van der Waals surface area contributed by atoms with Crippen molar-refractivity contribution in [3.8, 4) is 0 Å². The van der Waals surface area contributed by atoms with Gasteiger partial charge < -0.3 is 10.1 Å². The van der Waals surface area contributed by atoms with Gasteiger partial charge in [0.25, 0.3) is 0 Å². The Balaban J connectivity index is 2.13. The largest absolute Gasteiger partial charge is 0.381 e. The average Bonchev–Trinajstić information content (AvgIpc) is 2.78. The quantitative estimate of drug-likeness (QED) is 0.860. The molecule has 0 atom stereocenters. The highest BCUT2D eigenvalue weighted by atomic mass is 32.1. The summed E-state index contributed by atoms with van der Waals surface area (Å²) in [6, 6.07) is 0. The predicted molar refractivity (Wildman–Crippen MR) is 76.2 cm³/mol. The Labute approximate surface area is 114 Å². The fraction of sp³-hybridized carbons (Fsp3) is 0.786. The highest BCUT2D eigenvalue weighted by molar-refractivity contribution is 7.09. The SMILES string of the molecule is CCCNC1(c2nc(C(C)C)cs2)CC(OC)C1. The van der Waals surface area contributed by atoms with Crippen LogP contribution in [0.2, 0.25) is 0 Å². The molecule has 1 heterocycles. The molecule has 0 aromatic carbocycles. The summed E-state index contributed by atoms with van der Waals surface area (Å²) in [6.45, 7) is 7.65. The lowest BCUT2D eigenvalue weighted by Crippen LogP contribution is -2.55. The van der Waals surface area contributed by atoms with Crippen LogP contribution in [0.25, 0.3) is 0 Å². The number of thiazole rings is 1. The van der Waals surface area contributed by atoms with Crippen LogP contribution < -0.4 is 5.32 Å². The Morgan fingerprint density at radius 1 is 1.56 bits per heavy atom. The van der Waals surface area contributed by atoms with E-state index in [1.807, 2.05) is 0 Å². The summed E-state index contributed by atoms with van der Waals surface area (Å²) in [6.07, 6.45) is 3.64. The van der Waals surface area contributed by atoms with Crippen LogP contribution in [0.3, 0.4) is 0 Å². The fourth-order valence-electron chi connectivity index (χ4n) is 2.41. The monoisotopic (exact) mass is 268 g/mol. The topological polar surface area (TPSA) is 34.2 Å². The molecule has 3 nitrogen and oxygen atoms in total. The first-order chi connectivity index (χ1) is 8.61. The van der Waals surface area contributed by atoms with Gasteiger partial charge in [-0.25, -0.2) is 4.98 Å². The molecule has 0 bridgehead atoms. The molecule has 0 aliphatic heterocycles. The van der Waals surface area contributed by atoms with Crippen LogP contribution in [0.4, 0.5) is 0 Å². The highest BCUT2D eigenvalue weighted by Crippen LogP contribution is 2.44. The van der Waals surface area contributed by atoms with E-state index in [2.05, 4.69) is 31.5 Å². The Morgan fingerprint density at radius 2 is 2.28 bits per heavy atom. The smallest absolute Gasteiger partial charge is 0.113 e. The fourth-order valence-corrected chi connectivity index (χ4v) is 3.59. The number of hydrogen-bond acceptors (Lipinski definition) is 4. The molecule has 1 fully saturated rings. The van der Waals surface area contributed by atoms with Gasteiger partial charge in [0.15, 0.2) is 0 Å². The van der Waals surface area contributed by atoms with E-state index in [1.165, 1.54) is 10.7 Å². The third kappa shape index (κ3) is 2.60. The molecule has 1 N–H and O–H groups in total. The minimum atomic E-state index is 0.0779. The molecule has 18 heavy (non-hydrogen) atoms. The van der Waals surface area contributed by atoms with Crippen molar-refractivity contribution in [2.24, 2.45) is 0 Å². The molecule has 1 aliphatic carbocycles. The summed E-state index contributed by atoms with van der Waals surface area (Å²) < 4.78 is 5.43. The van der Waals surface area contributed by atoms with Crippen molar-refractivity contribution in [2.75, 3.05) is 13.7 Å². The molecular weight excluding hydrogens is 244 g/mol. The molecule has 1 aromatic rings. The summed E-state index contributed by atoms with van der Waals surface area (Å²) in [4.78, 5) is 4.83. The van der Waals surface area contributed by atoms with Crippen LogP contribution in [0.1, 0.15) is 56.7 Å². The average molecular weight is 268 g/mol. The lowest BCUT2D eigenvalue weighted by molar-refractivity contribution is -0.0331. The van der Waals surface area contributed by atoms with Crippen LogP contribution in [0.15, 0.2) is 5.38 Å². The zero-order valence-electron chi connectivity index (χ0n) is 11.8. The van der Waals surface area contributed by atoms with Gasteiger partial charge in [-0.05, 0) is 31.7 Å². The van der Waals surface area contributed by atoms with Crippen molar-refractivity contribution in [2.45, 2.75) is 57.6 Å². The number of methoxy groups -OCH3 is 1. The standard InChI is InChI=1S/C14H24N2OS/c1-5-6-15-14(7-11(8-14)17-4)13-16-12(9-18-13)10(2)3/h9-11,15H,5-8H2,1-4H3. The van der Waals surface area contributed by atoms with E-state index in [-0.39, 0.29) is 5.54 Å². The molecule has 102 valence electrons. The van der Waals surface area contributed by atoms with Crippen LogP contribution in [0.5, 0.6) is 0 Å². The lowest BCUT2D eigenvalue weighted by atomic mass is 9.74. The Bertz CT molecular complexity index is 377. The lowest BCUT2D eigenvalue weighted by Gasteiger charge is -2.46. The van der Waals surface area contributed by atoms with Crippen molar-refractivity contribution in [1.82, 2.24) is 10.3 Å². The first kappa shape index (κ1) is 14.0. The summed E-state index contributed by atoms with van der Waals surface area (Å²) in [5.74, 6) is 0.511. The third-order valence-corrected chi connectivity index (χ3v) is 4.79. The third-order valence-electron chi connectivity index (χ3n) is 3.72. The van der Waals surface area contributed by atoms with Crippen LogP contribution in [0, 0.1) is 0 Å². The van der Waals surface area contributed by atoms with Gasteiger partial charge in [-0.15, -0.1) is 11.3 Å². The van der Waals surface area contributed by atoms with Crippen LogP contribution in [-0.4, -0.2) is 24.7 Å². The Morgan fingerprint density at radius 3 is 2.78 bits per heavy atom. The molecule has 0 amide bonds. The number of nitrogens with zero attached hydrogens (tertiary/aromatic N) is 1. The predicted octanol–water partition coefficient (Wildman–Crippen LogP) is 3.27. The second kappa shape index (κ2) is 5.68. The van der Waals surface area contributed by atoms with Crippen molar-refractivity contribution in [3.63, 3.8) is 0 Å². The van der Waals surface area contributed by atoms with Crippen LogP contribution >= 0.6 is 11.3 Å². The van der Waals surface area contributed by atoms with Gasteiger partial charge >= 0.3 is 0 Å². The first-order valence-corrected chi connectivity index (χ1v) is 7.73. The number of nitrogens with one attached hydrogen (secondary N) is 1. The van der Waals surface area contributed by atoms with Crippen LogP contribution in [-0.2, 0) is 10.3 Å². The van der Waals surface area contributed by atoms with Crippen molar-refractivity contribution < 1.29 is 4.74 Å². The first-order valence-electron chi connectivity index (χ1n) is 6.85. The van der Waals surface area contributed by atoms with E-state index in [1.54, 1.807) is 18.4 Å². The Kier molecular flexibility index (Phi) is 4.41. The maximum absolute atomic E-state index is 5.43. The molecule has 1 aliphatic rings. The van der Waals surface area contributed by atoms with E-state index in [9.17, 15) is 0 Å². The molecule has 2 rings (SSSR count). The Hall–Kier alpha value is -0.450. The van der Waals surface area contributed by atoms with Gasteiger partial charge in [0.05, 0.1) is 17.3 Å². The molecule has 0 radical (unpaired) electrons. The summed E-state index contributed by atoms with van der Waals surface area (Å²) in [7, 11) is 1.80. The maximum atomic E-state index is 5.43. The minimum Gasteiger partial charge on any atom is -0.381 e. The maximum Gasteiger partial charge on any atom is 0.113 e. The van der Waals surface area contributed by atoms with Crippen molar-refractivity contribution in [1.29, 1.82) is 0 Å². The van der Waals surface area contributed by atoms with Gasteiger partial charge in [-0.2, -0.15) is 0 Å².